The van der Waals surface area contributed by atoms with Crippen molar-refractivity contribution in [3.63, 3.8) is 0 Å². The smallest absolute Gasteiger partial charge is 0.251 e. The van der Waals surface area contributed by atoms with Gasteiger partial charge in [-0.2, -0.15) is 0 Å². The van der Waals surface area contributed by atoms with E-state index in [0.717, 1.165) is 19.3 Å². The number of para-hydroxylation sites is 1. The first-order chi connectivity index (χ1) is 14.3. The molecule has 0 bridgehead atoms. The highest BCUT2D eigenvalue weighted by Gasteiger charge is 2.14. The summed E-state index contributed by atoms with van der Waals surface area (Å²) in [6.07, 6.45) is 2.80. The van der Waals surface area contributed by atoms with Gasteiger partial charge in [0, 0.05) is 18.5 Å². The summed E-state index contributed by atoms with van der Waals surface area (Å²) in [5.41, 5.74) is 3.03. The molecule has 0 atom stereocenters. The molecule has 160 valence electrons. The van der Waals surface area contributed by atoms with E-state index < -0.39 is 0 Å². The van der Waals surface area contributed by atoms with E-state index in [2.05, 4.69) is 41.7 Å². The predicted octanol–water partition coefficient (Wildman–Crippen LogP) is 4.87. The van der Waals surface area contributed by atoms with Crippen LogP contribution in [0, 0.1) is 0 Å². The summed E-state index contributed by atoms with van der Waals surface area (Å²) in [7, 11) is 0. The van der Waals surface area contributed by atoms with Crippen molar-refractivity contribution >= 4 is 23.2 Å². The van der Waals surface area contributed by atoms with E-state index in [1.165, 1.54) is 5.56 Å². The normalized spacial score (nSPS) is 11.4. The Bertz CT molecular complexity index is 870. The second-order valence-electron chi connectivity index (χ2n) is 8.17. The fourth-order valence-electron chi connectivity index (χ4n) is 2.95. The monoisotopic (exact) mass is 409 g/mol. The molecule has 0 heterocycles. The first-order valence-corrected chi connectivity index (χ1v) is 10.2. The first kappa shape index (κ1) is 23.1. The molecule has 2 rings (SSSR count). The number of benzene rings is 2. The highest BCUT2D eigenvalue weighted by molar-refractivity contribution is 5.94. The molecule has 0 spiro atoms. The van der Waals surface area contributed by atoms with Gasteiger partial charge in [-0.15, -0.1) is 5.11 Å². The summed E-state index contributed by atoms with van der Waals surface area (Å²) >= 11 is 0. The number of unbranched alkanes of at least 4 members (excludes halogenated alkanes) is 2. The molecule has 0 aliphatic carbocycles. The van der Waals surface area contributed by atoms with Crippen molar-refractivity contribution in [2.45, 2.75) is 51.9 Å². The minimum Gasteiger partial charge on any atom is -0.352 e. The molecule has 0 fully saturated rings. The van der Waals surface area contributed by atoms with Gasteiger partial charge in [-0.05, 0) is 48.1 Å². The second-order valence-corrected chi connectivity index (χ2v) is 8.17. The highest BCUT2D eigenvalue weighted by atomic mass is 16.2. The van der Waals surface area contributed by atoms with Gasteiger partial charge in [-0.25, -0.2) is 0 Å². The van der Waals surface area contributed by atoms with E-state index >= 15 is 0 Å². The summed E-state index contributed by atoms with van der Waals surface area (Å²) in [4.78, 5) is 24.3. The van der Waals surface area contributed by atoms with Crippen LogP contribution in [0.25, 0.3) is 0 Å². The topological polar surface area (TPSA) is 109 Å². The number of nitrogens with one attached hydrogen (secondary N) is 2. The fourth-order valence-corrected chi connectivity index (χ4v) is 2.95. The van der Waals surface area contributed by atoms with Crippen LogP contribution in [0.4, 0.5) is 11.4 Å². The molecule has 0 aliphatic rings. The summed E-state index contributed by atoms with van der Waals surface area (Å²) in [5.74, 6) is 4.93. The molecule has 0 saturated heterocycles. The Morgan fingerprint density at radius 2 is 1.67 bits per heavy atom. The average Bonchev–Trinajstić information content (AvgIpc) is 2.71. The minimum absolute atomic E-state index is 0.0674. The largest absolute Gasteiger partial charge is 0.352 e. The molecular formula is C23H31N5O2. The molecule has 0 radical (unpaired) electrons. The van der Waals surface area contributed by atoms with Crippen LogP contribution in [0.5, 0.6) is 0 Å². The number of hydrogen-bond acceptors (Lipinski definition) is 4. The maximum absolute atomic E-state index is 12.2. The number of rotatable bonds is 9. The molecule has 0 aliphatic heterocycles. The molecular weight excluding hydrogens is 378 g/mol. The van der Waals surface area contributed by atoms with Crippen LogP contribution >= 0.6 is 0 Å². The average molecular weight is 410 g/mol. The Hall–Kier alpha value is -3.22. The van der Waals surface area contributed by atoms with Crippen molar-refractivity contribution in [3.8, 4) is 0 Å². The van der Waals surface area contributed by atoms with Crippen LogP contribution in [0.2, 0.25) is 0 Å². The Balaban J connectivity index is 1.66. The van der Waals surface area contributed by atoms with Crippen molar-refractivity contribution in [2.24, 2.45) is 16.2 Å². The second kappa shape index (κ2) is 11.1. The number of hydrogen-bond donors (Lipinski definition) is 3. The van der Waals surface area contributed by atoms with Gasteiger partial charge in [0.15, 0.2) is 0 Å². The summed E-state index contributed by atoms with van der Waals surface area (Å²) in [6.45, 7) is 7.02. The van der Waals surface area contributed by atoms with E-state index in [9.17, 15) is 9.59 Å². The predicted molar refractivity (Wildman–Crippen MR) is 120 cm³/mol. The quantitative estimate of drug-likeness (QED) is 0.238. The molecule has 2 aromatic rings. The Morgan fingerprint density at radius 1 is 0.967 bits per heavy atom. The van der Waals surface area contributed by atoms with Crippen molar-refractivity contribution in [1.29, 1.82) is 0 Å². The van der Waals surface area contributed by atoms with E-state index in [-0.39, 0.29) is 17.2 Å². The first-order valence-electron chi connectivity index (χ1n) is 10.2. The van der Waals surface area contributed by atoms with Crippen molar-refractivity contribution in [3.05, 3.63) is 59.7 Å². The van der Waals surface area contributed by atoms with Gasteiger partial charge in [0.1, 0.15) is 5.69 Å². The third-order valence-corrected chi connectivity index (χ3v) is 4.72. The van der Waals surface area contributed by atoms with E-state index in [1.54, 1.807) is 18.2 Å². The summed E-state index contributed by atoms with van der Waals surface area (Å²) in [6, 6.07) is 14.8. The standard InChI is InChI=1S/C23H31N5O2/c1-23(2,3)18-14-12-17(13-15-18)22(30)25-16-8-4-5-11-21(29)26-19-9-6-7-10-20(19)27-28-24/h6-7,9-10,12-15H,4-5,8,11,16H2,1-3H3,(H2,24,27)(H,25,30)(H,26,29). The van der Waals surface area contributed by atoms with Gasteiger partial charge in [-0.3, -0.25) is 9.59 Å². The molecule has 0 unspecified atom stereocenters. The maximum Gasteiger partial charge on any atom is 0.251 e. The lowest BCUT2D eigenvalue weighted by Crippen LogP contribution is -2.24. The summed E-state index contributed by atoms with van der Waals surface area (Å²) < 4.78 is 0. The third kappa shape index (κ3) is 7.31. The zero-order valence-corrected chi connectivity index (χ0v) is 17.9. The van der Waals surface area contributed by atoms with E-state index in [4.69, 9.17) is 5.84 Å². The van der Waals surface area contributed by atoms with Crippen LogP contribution in [0.3, 0.4) is 0 Å². The Kier molecular flexibility index (Phi) is 8.53. The molecule has 0 saturated carbocycles. The molecule has 30 heavy (non-hydrogen) atoms. The molecule has 2 amide bonds. The molecule has 0 aromatic heterocycles. The summed E-state index contributed by atoms with van der Waals surface area (Å²) in [5, 5.41) is 12.8. The van der Waals surface area contributed by atoms with E-state index in [0.29, 0.717) is 29.9 Å². The molecule has 7 heteroatoms. The van der Waals surface area contributed by atoms with Crippen LogP contribution in [0.15, 0.2) is 58.9 Å². The van der Waals surface area contributed by atoms with Gasteiger partial charge in [0.2, 0.25) is 5.91 Å². The Morgan fingerprint density at radius 3 is 2.33 bits per heavy atom. The van der Waals surface area contributed by atoms with Gasteiger partial charge < -0.3 is 16.5 Å². The number of anilines is 1. The lowest BCUT2D eigenvalue weighted by Gasteiger charge is -2.19. The van der Waals surface area contributed by atoms with Crippen molar-refractivity contribution in [1.82, 2.24) is 5.32 Å². The Labute approximate surface area is 178 Å². The fraction of sp³-hybridized carbons (Fsp3) is 0.391. The van der Waals surface area contributed by atoms with Crippen molar-refractivity contribution < 1.29 is 9.59 Å². The van der Waals surface area contributed by atoms with Gasteiger partial charge in [-0.1, -0.05) is 56.7 Å². The zero-order valence-electron chi connectivity index (χ0n) is 17.9. The van der Waals surface area contributed by atoms with Crippen LogP contribution in [-0.2, 0) is 10.2 Å². The van der Waals surface area contributed by atoms with Crippen LogP contribution in [-0.4, -0.2) is 18.4 Å². The number of carbonyl (C=O) groups is 2. The van der Waals surface area contributed by atoms with E-state index in [1.807, 2.05) is 30.3 Å². The van der Waals surface area contributed by atoms with Crippen LogP contribution < -0.4 is 16.5 Å². The third-order valence-electron chi connectivity index (χ3n) is 4.72. The number of nitrogens with zero attached hydrogens (tertiary/aromatic N) is 2. The van der Waals surface area contributed by atoms with Gasteiger partial charge >= 0.3 is 0 Å². The molecule has 2 aromatic carbocycles. The lowest BCUT2D eigenvalue weighted by molar-refractivity contribution is -0.116. The maximum atomic E-state index is 12.2. The zero-order chi connectivity index (χ0) is 22.0. The van der Waals surface area contributed by atoms with Crippen LogP contribution in [0.1, 0.15) is 62.4 Å². The van der Waals surface area contributed by atoms with Crippen molar-refractivity contribution in [2.75, 3.05) is 11.9 Å². The van der Waals surface area contributed by atoms with Gasteiger partial charge in [0.05, 0.1) is 5.69 Å². The molecule has 4 N–H and O–H groups in total. The lowest BCUT2D eigenvalue weighted by atomic mass is 9.87. The molecule has 7 nitrogen and oxygen atoms in total. The number of amides is 2. The van der Waals surface area contributed by atoms with Gasteiger partial charge in [0.25, 0.3) is 5.91 Å². The SMILES string of the molecule is CC(C)(C)c1ccc(C(=O)NCCCCCC(=O)Nc2ccccc2N=NN)cc1. The highest BCUT2D eigenvalue weighted by Crippen LogP contribution is 2.24. The number of nitrogens with two attached hydrogens (primary N) is 1. The number of carbonyl (C=O) groups excluding carboxylic acids is 2. The minimum atomic E-state index is -0.0855.